The van der Waals surface area contributed by atoms with Gasteiger partial charge in [0.25, 0.3) is 5.91 Å². The second-order valence-electron chi connectivity index (χ2n) is 5.53. The molecule has 1 fully saturated rings. The Bertz CT molecular complexity index is 431. The lowest BCUT2D eigenvalue weighted by molar-refractivity contribution is 0.0816. The number of hydrogen-bond acceptors (Lipinski definition) is 4. The van der Waals surface area contributed by atoms with Crippen molar-refractivity contribution in [3.8, 4) is 0 Å². The van der Waals surface area contributed by atoms with E-state index < -0.39 is 0 Å². The Morgan fingerprint density at radius 3 is 2.75 bits per heavy atom. The van der Waals surface area contributed by atoms with Crippen LogP contribution in [0, 0.1) is 13.8 Å². The summed E-state index contributed by atoms with van der Waals surface area (Å²) in [5, 5.41) is 12.4. The normalized spacial score (nSPS) is 17.4. The van der Waals surface area contributed by atoms with Crippen LogP contribution in [0.1, 0.15) is 39.4 Å². The molecule has 0 unspecified atom stereocenters. The van der Waals surface area contributed by atoms with Crippen LogP contribution in [0.25, 0.3) is 0 Å². The minimum Gasteiger partial charge on any atom is -0.393 e. The zero-order valence-corrected chi connectivity index (χ0v) is 13.1. The van der Waals surface area contributed by atoms with E-state index in [1.165, 1.54) is 10.4 Å². The number of rotatable bonds is 5. The molecule has 0 spiro atoms. The number of nitrogens with zero attached hydrogens (tertiary/aromatic N) is 1. The minimum absolute atomic E-state index is 0.0419. The van der Waals surface area contributed by atoms with Crippen molar-refractivity contribution in [3.05, 3.63) is 21.4 Å². The van der Waals surface area contributed by atoms with Gasteiger partial charge >= 0.3 is 0 Å². The molecule has 0 aromatic carbocycles. The maximum Gasteiger partial charge on any atom is 0.261 e. The van der Waals surface area contributed by atoms with Crippen LogP contribution < -0.4 is 5.32 Å². The first kappa shape index (κ1) is 15.5. The van der Waals surface area contributed by atoms with Gasteiger partial charge < -0.3 is 15.3 Å². The van der Waals surface area contributed by atoms with Crippen LogP contribution in [0.3, 0.4) is 0 Å². The number of likely N-dealkylation sites (tertiary alicyclic amines) is 1. The molecule has 0 radical (unpaired) electrons. The smallest absolute Gasteiger partial charge is 0.261 e. The van der Waals surface area contributed by atoms with Crippen LogP contribution in [-0.2, 0) is 0 Å². The van der Waals surface area contributed by atoms with Crippen molar-refractivity contribution in [1.29, 1.82) is 0 Å². The predicted molar refractivity (Wildman–Crippen MR) is 82.4 cm³/mol. The highest BCUT2D eigenvalue weighted by Gasteiger charge is 2.16. The van der Waals surface area contributed by atoms with E-state index in [2.05, 4.69) is 10.2 Å². The third kappa shape index (κ3) is 4.30. The summed E-state index contributed by atoms with van der Waals surface area (Å²) >= 11 is 1.56. The molecule has 0 saturated carbocycles. The fourth-order valence-corrected chi connectivity index (χ4v) is 3.37. The molecular weight excluding hydrogens is 272 g/mol. The van der Waals surface area contributed by atoms with Crippen molar-refractivity contribution in [1.82, 2.24) is 10.2 Å². The van der Waals surface area contributed by atoms with Gasteiger partial charge in [0.1, 0.15) is 0 Å². The Kier molecular flexibility index (Phi) is 5.57. The molecule has 20 heavy (non-hydrogen) atoms. The molecule has 1 aliphatic rings. The monoisotopic (exact) mass is 296 g/mol. The Labute approximate surface area is 124 Å². The second kappa shape index (κ2) is 7.20. The van der Waals surface area contributed by atoms with E-state index in [0.717, 1.165) is 43.8 Å². The Morgan fingerprint density at radius 2 is 2.15 bits per heavy atom. The van der Waals surface area contributed by atoms with Gasteiger partial charge in [-0.3, -0.25) is 4.79 Å². The molecule has 0 bridgehead atoms. The summed E-state index contributed by atoms with van der Waals surface area (Å²) in [6.07, 6.45) is 2.60. The van der Waals surface area contributed by atoms with E-state index in [4.69, 9.17) is 0 Å². The Balaban J connectivity index is 1.64. The van der Waals surface area contributed by atoms with Crippen molar-refractivity contribution >= 4 is 17.2 Å². The van der Waals surface area contributed by atoms with Crippen molar-refractivity contribution in [2.24, 2.45) is 0 Å². The average Bonchev–Trinajstić information content (AvgIpc) is 2.77. The molecule has 1 amide bonds. The van der Waals surface area contributed by atoms with Gasteiger partial charge in [-0.1, -0.05) is 0 Å². The van der Waals surface area contributed by atoms with Crippen LogP contribution >= 0.6 is 11.3 Å². The first-order chi connectivity index (χ1) is 9.56. The first-order valence-electron chi connectivity index (χ1n) is 7.32. The number of carbonyl (C=O) groups excluding carboxylic acids is 1. The zero-order valence-electron chi connectivity index (χ0n) is 12.3. The molecule has 5 heteroatoms. The van der Waals surface area contributed by atoms with Crippen LogP contribution in [0.15, 0.2) is 6.07 Å². The van der Waals surface area contributed by atoms with Gasteiger partial charge in [-0.2, -0.15) is 0 Å². The van der Waals surface area contributed by atoms with E-state index >= 15 is 0 Å². The minimum atomic E-state index is -0.115. The van der Waals surface area contributed by atoms with Crippen molar-refractivity contribution < 1.29 is 9.90 Å². The summed E-state index contributed by atoms with van der Waals surface area (Å²) in [4.78, 5) is 16.3. The number of thiophene rings is 1. The molecule has 112 valence electrons. The van der Waals surface area contributed by atoms with Crippen molar-refractivity contribution in [2.75, 3.05) is 26.2 Å². The molecule has 0 atom stereocenters. The lowest BCUT2D eigenvalue weighted by Crippen LogP contribution is -2.37. The number of nitrogens with one attached hydrogen (secondary N) is 1. The predicted octanol–water partition coefficient (Wildman–Crippen LogP) is 1.94. The second-order valence-corrected chi connectivity index (χ2v) is 6.79. The van der Waals surface area contributed by atoms with Gasteiger partial charge in [0, 0.05) is 24.5 Å². The Morgan fingerprint density at radius 1 is 1.45 bits per heavy atom. The van der Waals surface area contributed by atoms with E-state index in [1.807, 2.05) is 19.9 Å². The molecule has 1 aromatic rings. The number of aliphatic hydroxyl groups excluding tert-OH is 1. The lowest BCUT2D eigenvalue weighted by atomic mass is 10.1. The topological polar surface area (TPSA) is 52.6 Å². The quantitative estimate of drug-likeness (QED) is 0.817. The number of amides is 1. The maximum absolute atomic E-state index is 12.0. The standard InChI is InChI=1S/C15H24N2O2S/c1-11-10-14(20-12(11)2)15(19)16-6-3-7-17-8-4-13(18)5-9-17/h10,13,18H,3-9H2,1-2H3,(H,16,19). The number of piperidine rings is 1. The maximum atomic E-state index is 12.0. The van der Waals surface area contributed by atoms with Crippen LogP contribution in [0.5, 0.6) is 0 Å². The third-order valence-electron chi connectivity index (χ3n) is 3.88. The van der Waals surface area contributed by atoms with Crippen molar-refractivity contribution in [2.45, 2.75) is 39.2 Å². The van der Waals surface area contributed by atoms with Crippen LogP contribution in [0.4, 0.5) is 0 Å². The summed E-state index contributed by atoms with van der Waals surface area (Å²) in [6.45, 7) is 7.73. The van der Waals surface area contributed by atoms with E-state index in [0.29, 0.717) is 6.54 Å². The molecule has 1 aliphatic heterocycles. The molecule has 4 nitrogen and oxygen atoms in total. The lowest BCUT2D eigenvalue weighted by Gasteiger charge is -2.29. The molecular formula is C15H24N2O2S. The van der Waals surface area contributed by atoms with Gasteiger partial charge in [-0.05, 0) is 51.3 Å². The summed E-state index contributed by atoms with van der Waals surface area (Å²) in [6, 6.07) is 1.96. The first-order valence-corrected chi connectivity index (χ1v) is 8.13. The van der Waals surface area contributed by atoms with E-state index in [9.17, 15) is 9.90 Å². The number of aryl methyl sites for hydroxylation is 2. The highest BCUT2D eigenvalue weighted by atomic mass is 32.1. The molecule has 2 rings (SSSR count). The average molecular weight is 296 g/mol. The highest BCUT2D eigenvalue weighted by molar-refractivity contribution is 7.14. The fourth-order valence-electron chi connectivity index (χ4n) is 2.42. The van der Waals surface area contributed by atoms with Gasteiger partial charge in [0.05, 0.1) is 11.0 Å². The highest BCUT2D eigenvalue weighted by Crippen LogP contribution is 2.20. The van der Waals surface area contributed by atoms with Crippen LogP contribution in [-0.4, -0.2) is 48.2 Å². The summed E-state index contributed by atoms with van der Waals surface area (Å²) in [5.74, 6) is 0.0419. The fraction of sp³-hybridized carbons (Fsp3) is 0.667. The largest absolute Gasteiger partial charge is 0.393 e. The SMILES string of the molecule is Cc1cc(C(=O)NCCCN2CCC(O)CC2)sc1C. The summed E-state index contributed by atoms with van der Waals surface area (Å²) in [5.41, 5.74) is 1.19. The molecule has 1 saturated heterocycles. The van der Waals surface area contributed by atoms with E-state index in [-0.39, 0.29) is 12.0 Å². The van der Waals surface area contributed by atoms with E-state index in [1.54, 1.807) is 11.3 Å². The number of aliphatic hydroxyl groups is 1. The summed E-state index contributed by atoms with van der Waals surface area (Å²) in [7, 11) is 0. The molecule has 1 aromatic heterocycles. The van der Waals surface area contributed by atoms with Gasteiger partial charge in [0.15, 0.2) is 0 Å². The summed E-state index contributed by atoms with van der Waals surface area (Å²) < 4.78 is 0. The van der Waals surface area contributed by atoms with Crippen LogP contribution in [0.2, 0.25) is 0 Å². The number of hydrogen-bond donors (Lipinski definition) is 2. The van der Waals surface area contributed by atoms with Gasteiger partial charge in [-0.15, -0.1) is 11.3 Å². The van der Waals surface area contributed by atoms with Gasteiger partial charge in [-0.25, -0.2) is 0 Å². The molecule has 0 aliphatic carbocycles. The number of carbonyl (C=O) groups is 1. The zero-order chi connectivity index (χ0) is 14.5. The third-order valence-corrected chi connectivity index (χ3v) is 5.03. The molecule has 2 heterocycles. The van der Waals surface area contributed by atoms with Crippen molar-refractivity contribution in [3.63, 3.8) is 0 Å². The Hall–Kier alpha value is -0.910. The van der Waals surface area contributed by atoms with Gasteiger partial charge in [0.2, 0.25) is 0 Å². The molecule has 2 N–H and O–H groups in total.